The third-order valence-corrected chi connectivity index (χ3v) is 4.24. The molecule has 128 valence electrons. The number of aromatic nitrogens is 1. The van der Waals surface area contributed by atoms with E-state index in [1.807, 2.05) is 13.0 Å². The Bertz CT molecular complexity index is 1020. The Morgan fingerprint density at radius 2 is 2.12 bits per heavy atom. The van der Waals surface area contributed by atoms with Crippen LogP contribution in [0.15, 0.2) is 39.7 Å². The Morgan fingerprint density at radius 3 is 2.88 bits per heavy atom. The SMILES string of the molecule is CCOC(=O)c1cnc(NC(=O)c2cc3ccc(C)cc3c(=O)o2)s1. The molecule has 8 heteroatoms. The molecule has 0 aliphatic rings. The zero-order valence-electron chi connectivity index (χ0n) is 13.5. The molecule has 0 spiro atoms. The van der Waals surface area contributed by atoms with Gasteiger partial charge in [-0.15, -0.1) is 0 Å². The molecule has 0 fully saturated rings. The van der Waals surface area contributed by atoms with Crippen LogP contribution in [-0.2, 0) is 4.74 Å². The summed E-state index contributed by atoms with van der Waals surface area (Å²) in [6, 6.07) is 6.79. The Labute approximate surface area is 146 Å². The van der Waals surface area contributed by atoms with Crippen molar-refractivity contribution in [1.29, 1.82) is 0 Å². The predicted molar refractivity (Wildman–Crippen MR) is 93.2 cm³/mol. The zero-order valence-corrected chi connectivity index (χ0v) is 14.3. The minimum atomic E-state index is -0.621. The lowest BCUT2D eigenvalue weighted by molar-refractivity contribution is 0.0531. The number of ether oxygens (including phenoxy) is 1. The van der Waals surface area contributed by atoms with Gasteiger partial charge in [-0.3, -0.25) is 10.1 Å². The maximum Gasteiger partial charge on any atom is 0.350 e. The van der Waals surface area contributed by atoms with E-state index in [0.717, 1.165) is 16.9 Å². The van der Waals surface area contributed by atoms with Gasteiger partial charge in [0.1, 0.15) is 4.88 Å². The van der Waals surface area contributed by atoms with Gasteiger partial charge in [-0.25, -0.2) is 14.6 Å². The first-order chi connectivity index (χ1) is 12.0. The number of nitrogens with one attached hydrogen (secondary N) is 1. The molecule has 0 saturated heterocycles. The number of fused-ring (bicyclic) bond motifs is 1. The van der Waals surface area contributed by atoms with Crippen molar-refractivity contribution in [2.24, 2.45) is 0 Å². The minimum absolute atomic E-state index is 0.130. The van der Waals surface area contributed by atoms with Gasteiger partial charge in [-0.05, 0) is 31.4 Å². The predicted octanol–water partition coefficient (Wildman–Crippen LogP) is 2.99. The molecule has 0 radical (unpaired) electrons. The highest BCUT2D eigenvalue weighted by Gasteiger charge is 2.16. The third-order valence-electron chi connectivity index (χ3n) is 3.34. The van der Waals surface area contributed by atoms with Gasteiger partial charge in [0.25, 0.3) is 5.91 Å². The van der Waals surface area contributed by atoms with E-state index >= 15 is 0 Å². The summed E-state index contributed by atoms with van der Waals surface area (Å²) >= 11 is 0.976. The molecule has 0 saturated carbocycles. The minimum Gasteiger partial charge on any atom is -0.462 e. The molecule has 2 heterocycles. The first-order valence-corrected chi connectivity index (χ1v) is 8.28. The van der Waals surface area contributed by atoms with Crippen molar-refractivity contribution < 1.29 is 18.7 Å². The molecule has 0 bridgehead atoms. The number of esters is 1. The van der Waals surface area contributed by atoms with Gasteiger partial charge in [0.05, 0.1) is 18.2 Å². The number of amides is 1. The van der Waals surface area contributed by atoms with Gasteiger partial charge in [-0.2, -0.15) is 0 Å². The molecule has 25 heavy (non-hydrogen) atoms. The van der Waals surface area contributed by atoms with Crippen molar-refractivity contribution >= 4 is 39.1 Å². The summed E-state index contributed by atoms with van der Waals surface area (Å²) in [7, 11) is 0. The highest BCUT2D eigenvalue weighted by Crippen LogP contribution is 2.20. The van der Waals surface area contributed by atoms with Crippen LogP contribution in [0.1, 0.15) is 32.7 Å². The van der Waals surface area contributed by atoms with Crippen molar-refractivity contribution in [3.8, 4) is 0 Å². The summed E-state index contributed by atoms with van der Waals surface area (Å²) in [5, 5.41) is 3.74. The van der Waals surface area contributed by atoms with Gasteiger partial charge in [-0.1, -0.05) is 29.0 Å². The number of nitrogens with zero attached hydrogens (tertiary/aromatic N) is 1. The Morgan fingerprint density at radius 1 is 1.32 bits per heavy atom. The molecule has 0 aliphatic heterocycles. The van der Waals surface area contributed by atoms with Gasteiger partial charge in [0.2, 0.25) is 0 Å². The second-order valence-corrected chi connectivity index (χ2v) is 6.22. The maximum absolute atomic E-state index is 12.3. The number of carbonyl (C=O) groups excluding carboxylic acids is 2. The summed E-state index contributed by atoms with van der Waals surface area (Å²) in [6.45, 7) is 3.81. The van der Waals surface area contributed by atoms with Crippen LogP contribution in [0, 0.1) is 6.92 Å². The van der Waals surface area contributed by atoms with Crippen molar-refractivity contribution in [3.63, 3.8) is 0 Å². The lowest BCUT2D eigenvalue weighted by Gasteiger charge is -2.03. The summed E-state index contributed by atoms with van der Waals surface area (Å²) < 4.78 is 9.95. The first kappa shape index (κ1) is 16.8. The van der Waals surface area contributed by atoms with Gasteiger partial charge < -0.3 is 9.15 Å². The largest absolute Gasteiger partial charge is 0.462 e. The molecule has 1 aromatic carbocycles. The third kappa shape index (κ3) is 3.58. The van der Waals surface area contributed by atoms with Crippen LogP contribution in [-0.4, -0.2) is 23.5 Å². The summed E-state index contributed by atoms with van der Waals surface area (Å²) in [5.41, 5.74) is 0.337. The Balaban J connectivity index is 1.84. The number of benzene rings is 1. The molecule has 1 N–H and O–H groups in total. The van der Waals surface area contributed by atoms with E-state index in [1.165, 1.54) is 12.3 Å². The smallest absolute Gasteiger partial charge is 0.350 e. The molecule has 0 aliphatic carbocycles. The van der Waals surface area contributed by atoms with Crippen molar-refractivity contribution in [2.45, 2.75) is 13.8 Å². The van der Waals surface area contributed by atoms with E-state index in [0.29, 0.717) is 10.8 Å². The second kappa shape index (κ2) is 6.86. The monoisotopic (exact) mass is 358 g/mol. The quantitative estimate of drug-likeness (QED) is 0.720. The fourth-order valence-corrected chi connectivity index (χ4v) is 2.90. The molecule has 1 amide bonds. The van der Waals surface area contributed by atoms with E-state index in [1.54, 1.807) is 19.1 Å². The van der Waals surface area contributed by atoms with E-state index < -0.39 is 17.5 Å². The standard InChI is InChI=1S/C17H14N2O5S/c1-3-23-16(22)13-8-18-17(25-13)19-14(20)12-7-10-5-4-9(2)6-11(10)15(21)24-12/h4-8H,3H2,1-2H3,(H,18,19,20). The van der Waals surface area contributed by atoms with E-state index in [4.69, 9.17) is 9.15 Å². The summed E-state index contributed by atoms with van der Waals surface area (Å²) in [4.78, 5) is 40.2. The lowest BCUT2D eigenvalue weighted by Crippen LogP contribution is -2.14. The fraction of sp³-hybridized carbons (Fsp3) is 0.176. The van der Waals surface area contributed by atoms with Crippen molar-refractivity contribution in [1.82, 2.24) is 4.98 Å². The van der Waals surface area contributed by atoms with Crippen LogP contribution < -0.4 is 10.9 Å². The highest BCUT2D eigenvalue weighted by molar-refractivity contribution is 7.17. The number of rotatable bonds is 4. The molecular formula is C17H14N2O5S. The average molecular weight is 358 g/mol. The van der Waals surface area contributed by atoms with Crippen molar-refractivity contribution in [3.05, 3.63) is 57.1 Å². The maximum atomic E-state index is 12.3. The van der Waals surface area contributed by atoms with E-state index in [2.05, 4.69) is 10.3 Å². The number of thiazole rings is 1. The van der Waals surface area contributed by atoms with Gasteiger partial charge >= 0.3 is 11.6 Å². The van der Waals surface area contributed by atoms with Crippen LogP contribution in [0.5, 0.6) is 0 Å². The Kier molecular flexibility index (Phi) is 4.62. The number of hydrogen-bond acceptors (Lipinski definition) is 7. The van der Waals surface area contributed by atoms with Crippen molar-refractivity contribution in [2.75, 3.05) is 11.9 Å². The highest BCUT2D eigenvalue weighted by atomic mass is 32.1. The number of hydrogen-bond donors (Lipinski definition) is 1. The molecule has 2 aromatic heterocycles. The number of carbonyl (C=O) groups is 2. The van der Waals surface area contributed by atoms with Gasteiger partial charge in [0.15, 0.2) is 10.9 Å². The van der Waals surface area contributed by atoms with Crippen LogP contribution in [0.4, 0.5) is 5.13 Å². The fourth-order valence-electron chi connectivity index (χ4n) is 2.20. The first-order valence-electron chi connectivity index (χ1n) is 7.46. The average Bonchev–Trinajstić information content (AvgIpc) is 3.04. The normalized spacial score (nSPS) is 10.6. The molecular weight excluding hydrogens is 344 g/mol. The molecule has 0 unspecified atom stereocenters. The van der Waals surface area contributed by atoms with Gasteiger partial charge in [0, 0.05) is 0 Å². The van der Waals surface area contributed by atoms with Crippen LogP contribution in [0.3, 0.4) is 0 Å². The Hall–Kier alpha value is -3.00. The second-order valence-electron chi connectivity index (χ2n) is 5.19. The van der Waals surface area contributed by atoms with E-state index in [-0.39, 0.29) is 22.4 Å². The number of aryl methyl sites for hydroxylation is 1. The topological polar surface area (TPSA) is 98.5 Å². The van der Waals surface area contributed by atoms with Crippen LogP contribution in [0.2, 0.25) is 0 Å². The molecule has 0 atom stereocenters. The molecule has 3 aromatic rings. The molecule has 7 nitrogen and oxygen atoms in total. The van der Waals surface area contributed by atoms with E-state index in [9.17, 15) is 14.4 Å². The summed E-state index contributed by atoms with van der Waals surface area (Å²) in [6.07, 6.45) is 1.32. The lowest BCUT2D eigenvalue weighted by atomic mass is 10.1. The molecule has 3 rings (SSSR count). The summed E-state index contributed by atoms with van der Waals surface area (Å²) in [5.74, 6) is -1.26. The zero-order chi connectivity index (χ0) is 18.0. The van der Waals surface area contributed by atoms with Crippen LogP contribution >= 0.6 is 11.3 Å². The number of anilines is 1. The van der Waals surface area contributed by atoms with Crippen LogP contribution in [0.25, 0.3) is 10.8 Å².